The van der Waals surface area contributed by atoms with E-state index in [1.165, 1.54) is 25.7 Å². The largest absolute Gasteiger partial charge is 0.358 e. The predicted octanol–water partition coefficient (Wildman–Crippen LogP) is 4.21. The average molecular weight is 438 g/mol. The summed E-state index contributed by atoms with van der Waals surface area (Å²) >= 11 is 12.1. The highest BCUT2D eigenvalue weighted by Gasteiger charge is 2.45. The molecule has 158 valence electrons. The van der Waals surface area contributed by atoms with E-state index in [-0.39, 0.29) is 17.9 Å². The zero-order valence-electron chi connectivity index (χ0n) is 17.0. The molecule has 0 N–H and O–H groups in total. The van der Waals surface area contributed by atoms with Gasteiger partial charge in [-0.3, -0.25) is 9.59 Å². The second-order valence-corrected chi connectivity index (χ2v) is 9.59. The molecule has 7 heteroatoms. The van der Waals surface area contributed by atoms with Gasteiger partial charge in [-0.15, -0.1) is 0 Å². The number of piperidine rings is 1. The van der Waals surface area contributed by atoms with Gasteiger partial charge in [0.2, 0.25) is 11.8 Å². The van der Waals surface area contributed by atoms with Crippen molar-refractivity contribution in [1.82, 2.24) is 9.80 Å². The van der Waals surface area contributed by atoms with Gasteiger partial charge in [-0.1, -0.05) is 23.2 Å². The number of hydrogen-bond donors (Lipinski definition) is 0. The Morgan fingerprint density at radius 1 is 1.07 bits per heavy atom. The van der Waals surface area contributed by atoms with E-state index < -0.39 is 0 Å². The standard InChI is InChI=1S/C22H29Cl2N3O2/c1-16-21(29)26(13-14-27(16)17-4-5-18(23)19(24)15-17)10-2-3-20(28)25-11-8-22(6-7-22)9-12-25/h4-5,15-16H,2-3,6-14H2,1H3. The van der Waals surface area contributed by atoms with Crippen molar-refractivity contribution in [3.05, 3.63) is 28.2 Å². The van der Waals surface area contributed by atoms with Crippen LogP contribution in [0.5, 0.6) is 0 Å². The van der Waals surface area contributed by atoms with Gasteiger partial charge in [-0.05, 0) is 62.6 Å². The lowest BCUT2D eigenvalue weighted by Gasteiger charge is -2.40. The normalized spacial score (nSPS) is 23.6. The van der Waals surface area contributed by atoms with E-state index in [9.17, 15) is 9.59 Å². The molecule has 0 bridgehead atoms. The van der Waals surface area contributed by atoms with E-state index in [1.807, 2.05) is 28.9 Å². The zero-order valence-corrected chi connectivity index (χ0v) is 18.5. The van der Waals surface area contributed by atoms with Crippen LogP contribution in [-0.4, -0.2) is 60.4 Å². The van der Waals surface area contributed by atoms with E-state index in [2.05, 4.69) is 4.90 Å². The lowest BCUT2D eigenvalue weighted by molar-refractivity contribution is -0.136. The van der Waals surface area contributed by atoms with Crippen LogP contribution in [0.1, 0.15) is 45.4 Å². The summed E-state index contributed by atoms with van der Waals surface area (Å²) in [5.41, 5.74) is 1.50. The van der Waals surface area contributed by atoms with Crippen molar-refractivity contribution in [1.29, 1.82) is 0 Å². The van der Waals surface area contributed by atoms with Gasteiger partial charge in [0, 0.05) is 44.8 Å². The molecular weight excluding hydrogens is 409 g/mol. The van der Waals surface area contributed by atoms with Gasteiger partial charge < -0.3 is 14.7 Å². The van der Waals surface area contributed by atoms with Crippen LogP contribution in [0.15, 0.2) is 18.2 Å². The molecule has 3 aliphatic rings. The molecule has 4 rings (SSSR count). The summed E-state index contributed by atoms with van der Waals surface area (Å²) in [6.07, 6.45) is 6.30. The van der Waals surface area contributed by atoms with E-state index in [0.717, 1.165) is 31.7 Å². The van der Waals surface area contributed by atoms with Gasteiger partial charge in [0.1, 0.15) is 6.04 Å². The van der Waals surface area contributed by atoms with Gasteiger partial charge in [0.05, 0.1) is 10.0 Å². The van der Waals surface area contributed by atoms with Crippen LogP contribution in [-0.2, 0) is 9.59 Å². The minimum absolute atomic E-state index is 0.100. The number of hydrogen-bond acceptors (Lipinski definition) is 3. The Hall–Kier alpha value is -1.46. The number of piperazine rings is 1. The first-order chi connectivity index (χ1) is 13.9. The van der Waals surface area contributed by atoms with E-state index in [1.54, 1.807) is 6.07 Å². The summed E-state index contributed by atoms with van der Waals surface area (Å²) in [7, 11) is 0. The van der Waals surface area contributed by atoms with Crippen LogP contribution in [0, 0.1) is 5.41 Å². The Labute approximate surface area is 182 Å². The second-order valence-electron chi connectivity index (χ2n) is 8.78. The first kappa shape index (κ1) is 20.8. The quantitative estimate of drug-likeness (QED) is 0.692. The van der Waals surface area contributed by atoms with E-state index >= 15 is 0 Å². The molecule has 1 spiro atoms. The molecule has 2 saturated heterocycles. The summed E-state index contributed by atoms with van der Waals surface area (Å²) < 4.78 is 0. The first-order valence-electron chi connectivity index (χ1n) is 10.7. The molecule has 29 heavy (non-hydrogen) atoms. The lowest BCUT2D eigenvalue weighted by Crippen LogP contribution is -2.56. The molecule has 1 aliphatic carbocycles. The third-order valence-electron chi connectivity index (χ3n) is 6.93. The molecule has 0 aromatic heterocycles. The number of rotatable bonds is 5. The maximum absolute atomic E-state index is 12.8. The Bertz CT molecular complexity index is 786. The Morgan fingerprint density at radius 3 is 2.45 bits per heavy atom. The van der Waals surface area contributed by atoms with Crippen LogP contribution < -0.4 is 4.90 Å². The van der Waals surface area contributed by atoms with Crippen LogP contribution in [0.2, 0.25) is 10.0 Å². The molecule has 2 heterocycles. The smallest absolute Gasteiger partial charge is 0.245 e. The van der Waals surface area contributed by atoms with Gasteiger partial charge in [0.25, 0.3) is 0 Å². The monoisotopic (exact) mass is 437 g/mol. The minimum atomic E-state index is -0.256. The second kappa shape index (κ2) is 8.35. The fourth-order valence-electron chi connectivity index (χ4n) is 4.65. The highest BCUT2D eigenvalue weighted by atomic mass is 35.5. The van der Waals surface area contributed by atoms with Gasteiger partial charge >= 0.3 is 0 Å². The number of likely N-dealkylation sites (tertiary alicyclic amines) is 1. The van der Waals surface area contributed by atoms with E-state index in [4.69, 9.17) is 23.2 Å². The molecule has 1 unspecified atom stereocenters. The number of benzene rings is 1. The minimum Gasteiger partial charge on any atom is -0.358 e. The third-order valence-corrected chi connectivity index (χ3v) is 7.67. The molecule has 5 nitrogen and oxygen atoms in total. The molecule has 2 aliphatic heterocycles. The lowest BCUT2D eigenvalue weighted by atomic mass is 9.93. The maximum atomic E-state index is 12.8. The Balaban J connectivity index is 1.24. The molecule has 1 saturated carbocycles. The molecule has 1 atom stereocenters. The first-order valence-corrected chi connectivity index (χ1v) is 11.4. The molecular formula is C22H29Cl2N3O2. The van der Waals surface area contributed by atoms with Crippen molar-refractivity contribution >= 4 is 40.7 Å². The van der Waals surface area contributed by atoms with Crippen LogP contribution in [0.25, 0.3) is 0 Å². The van der Waals surface area contributed by atoms with Crippen molar-refractivity contribution in [2.75, 3.05) is 37.6 Å². The number of amides is 2. The van der Waals surface area contributed by atoms with Crippen LogP contribution >= 0.6 is 23.2 Å². The fraction of sp³-hybridized carbons (Fsp3) is 0.636. The van der Waals surface area contributed by atoms with E-state index in [0.29, 0.717) is 35.0 Å². The van der Waals surface area contributed by atoms with Crippen molar-refractivity contribution < 1.29 is 9.59 Å². The molecule has 0 radical (unpaired) electrons. The van der Waals surface area contributed by atoms with Crippen LogP contribution in [0.3, 0.4) is 0 Å². The Morgan fingerprint density at radius 2 is 1.79 bits per heavy atom. The number of nitrogens with zero attached hydrogens (tertiary/aromatic N) is 3. The van der Waals surface area contributed by atoms with Crippen molar-refractivity contribution in [2.24, 2.45) is 5.41 Å². The van der Waals surface area contributed by atoms with Gasteiger partial charge in [-0.25, -0.2) is 0 Å². The summed E-state index contributed by atoms with van der Waals surface area (Å²) in [5, 5.41) is 1.01. The third kappa shape index (κ3) is 4.51. The molecule has 1 aromatic carbocycles. The zero-order chi connectivity index (χ0) is 20.6. The Kier molecular flexibility index (Phi) is 5.99. The summed E-state index contributed by atoms with van der Waals surface area (Å²) in [6, 6.07) is 5.22. The molecule has 1 aromatic rings. The van der Waals surface area contributed by atoms with Crippen molar-refractivity contribution in [2.45, 2.75) is 51.5 Å². The molecule has 2 amide bonds. The number of anilines is 1. The average Bonchev–Trinajstić information content (AvgIpc) is 3.47. The topological polar surface area (TPSA) is 43.9 Å². The van der Waals surface area contributed by atoms with Crippen molar-refractivity contribution in [3.8, 4) is 0 Å². The molecule has 3 fully saturated rings. The number of halogens is 2. The summed E-state index contributed by atoms with van der Waals surface area (Å²) in [5.74, 6) is 0.346. The highest BCUT2D eigenvalue weighted by molar-refractivity contribution is 6.42. The van der Waals surface area contributed by atoms with Gasteiger partial charge in [-0.2, -0.15) is 0 Å². The maximum Gasteiger partial charge on any atom is 0.245 e. The highest BCUT2D eigenvalue weighted by Crippen LogP contribution is 2.53. The number of carbonyl (C=O) groups is 2. The predicted molar refractivity (Wildman–Crippen MR) is 117 cm³/mol. The SMILES string of the molecule is CC1C(=O)N(CCCC(=O)N2CCC3(CC2)CC3)CCN1c1ccc(Cl)c(Cl)c1. The fourth-order valence-corrected chi connectivity index (χ4v) is 4.95. The number of carbonyl (C=O) groups excluding carboxylic acids is 2. The van der Waals surface area contributed by atoms with Crippen LogP contribution in [0.4, 0.5) is 5.69 Å². The summed E-state index contributed by atoms with van der Waals surface area (Å²) in [4.78, 5) is 31.3. The summed E-state index contributed by atoms with van der Waals surface area (Å²) in [6.45, 7) is 5.79. The van der Waals surface area contributed by atoms with Crippen molar-refractivity contribution in [3.63, 3.8) is 0 Å². The van der Waals surface area contributed by atoms with Gasteiger partial charge in [0.15, 0.2) is 0 Å².